The van der Waals surface area contributed by atoms with Gasteiger partial charge in [0, 0.05) is 30.2 Å². The van der Waals surface area contributed by atoms with Crippen LogP contribution in [0.25, 0.3) is 0 Å². The second-order valence-corrected chi connectivity index (χ2v) is 8.66. The Morgan fingerprint density at radius 1 is 1.00 bits per heavy atom. The molecule has 0 saturated carbocycles. The molecule has 34 heavy (non-hydrogen) atoms. The number of ether oxygens (including phenoxy) is 3. The van der Waals surface area contributed by atoms with Crippen LogP contribution in [-0.2, 0) is 22.7 Å². The zero-order chi connectivity index (χ0) is 23.5. The summed E-state index contributed by atoms with van der Waals surface area (Å²) < 4.78 is 16.5. The molecule has 2 heterocycles. The summed E-state index contributed by atoms with van der Waals surface area (Å²) in [4.78, 5) is 26.9. The van der Waals surface area contributed by atoms with Crippen molar-refractivity contribution < 1.29 is 23.8 Å². The second kappa shape index (κ2) is 9.65. The summed E-state index contributed by atoms with van der Waals surface area (Å²) in [5.41, 5.74) is 2.67. The van der Waals surface area contributed by atoms with E-state index in [0.717, 1.165) is 16.8 Å². The summed E-state index contributed by atoms with van der Waals surface area (Å²) in [5.74, 6) is 1.46. The molecule has 0 radical (unpaired) electrons. The minimum Gasteiger partial charge on any atom is -0.489 e. The fraction of sp³-hybridized carbons (Fsp3) is 0.231. The molecule has 5 rings (SSSR count). The maximum absolute atomic E-state index is 12.7. The highest BCUT2D eigenvalue weighted by atomic mass is 35.5. The van der Waals surface area contributed by atoms with E-state index in [1.54, 1.807) is 4.90 Å². The maximum atomic E-state index is 12.7. The Labute approximate surface area is 202 Å². The van der Waals surface area contributed by atoms with Crippen LogP contribution in [-0.4, -0.2) is 25.2 Å². The first-order valence-electron chi connectivity index (χ1n) is 11.0. The van der Waals surface area contributed by atoms with E-state index in [2.05, 4.69) is 5.32 Å². The van der Waals surface area contributed by atoms with Gasteiger partial charge < -0.3 is 24.4 Å². The van der Waals surface area contributed by atoms with E-state index in [0.29, 0.717) is 42.0 Å². The van der Waals surface area contributed by atoms with Crippen molar-refractivity contribution in [3.05, 3.63) is 82.9 Å². The van der Waals surface area contributed by atoms with E-state index in [-0.39, 0.29) is 25.0 Å². The highest BCUT2D eigenvalue weighted by molar-refractivity contribution is 6.30. The van der Waals surface area contributed by atoms with Crippen molar-refractivity contribution >= 4 is 29.1 Å². The lowest BCUT2D eigenvalue weighted by Gasteiger charge is -2.17. The van der Waals surface area contributed by atoms with Gasteiger partial charge in [0.25, 0.3) is 0 Å². The van der Waals surface area contributed by atoms with Crippen molar-refractivity contribution in [1.29, 1.82) is 0 Å². The molecule has 0 aromatic heterocycles. The number of nitrogens with one attached hydrogen (secondary N) is 1. The molecule has 174 valence electrons. The standard InChI is InChI=1S/C26H23ClN2O5/c27-20-4-1-17(2-5-20)15-32-22-8-6-21(7-9-22)29-14-19(12-25(29)30)26(31)28-13-18-3-10-23-24(11-18)34-16-33-23/h1-11,19H,12-16H2,(H,28,31). The lowest BCUT2D eigenvalue weighted by atomic mass is 10.1. The quantitative estimate of drug-likeness (QED) is 0.547. The van der Waals surface area contributed by atoms with Crippen LogP contribution < -0.4 is 24.4 Å². The third kappa shape index (κ3) is 4.94. The Balaban J connectivity index is 1.14. The first-order chi connectivity index (χ1) is 16.5. The Kier molecular flexibility index (Phi) is 6.27. The van der Waals surface area contributed by atoms with E-state index >= 15 is 0 Å². The van der Waals surface area contributed by atoms with Crippen LogP contribution in [0, 0.1) is 5.92 Å². The van der Waals surface area contributed by atoms with Gasteiger partial charge in [-0.3, -0.25) is 9.59 Å². The van der Waals surface area contributed by atoms with Crippen LogP contribution >= 0.6 is 11.6 Å². The summed E-state index contributed by atoms with van der Waals surface area (Å²) in [6.07, 6.45) is 0.182. The normalized spacial score (nSPS) is 16.6. The van der Waals surface area contributed by atoms with Crippen molar-refractivity contribution in [3.63, 3.8) is 0 Å². The molecule has 1 fully saturated rings. The third-order valence-electron chi connectivity index (χ3n) is 5.87. The number of halogens is 1. The number of hydrogen-bond acceptors (Lipinski definition) is 5. The van der Waals surface area contributed by atoms with E-state index in [4.69, 9.17) is 25.8 Å². The van der Waals surface area contributed by atoms with E-state index in [9.17, 15) is 9.59 Å². The van der Waals surface area contributed by atoms with Crippen LogP contribution in [0.3, 0.4) is 0 Å². The van der Waals surface area contributed by atoms with Gasteiger partial charge in [-0.2, -0.15) is 0 Å². The average molecular weight is 479 g/mol. The van der Waals surface area contributed by atoms with Gasteiger partial charge in [-0.1, -0.05) is 29.8 Å². The van der Waals surface area contributed by atoms with Gasteiger partial charge >= 0.3 is 0 Å². The molecule has 0 spiro atoms. The number of amides is 2. The van der Waals surface area contributed by atoms with Gasteiger partial charge in [-0.25, -0.2) is 0 Å². The smallest absolute Gasteiger partial charge is 0.231 e. The molecular weight excluding hydrogens is 456 g/mol. The van der Waals surface area contributed by atoms with E-state index in [1.165, 1.54) is 0 Å². The Bertz CT molecular complexity index is 1200. The summed E-state index contributed by atoms with van der Waals surface area (Å²) in [7, 11) is 0. The molecule has 0 bridgehead atoms. The molecule has 1 atom stereocenters. The molecular formula is C26H23ClN2O5. The number of carbonyl (C=O) groups excluding carboxylic acids is 2. The lowest BCUT2D eigenvalue weighted by molar-refractivity contribution is -0.126. The first-order valence-corrected chi connectivity index (χ1v) is 11.4. The largest absolute Gasteiger partial charge is 0.489 e. The molecule has 8 heteroatoms. The van der Waals surface area contributed by atoms with Crippen LogP contribution in [0.2, 0.25) is 5.02 Å². The Morgan fingerprint density at radius 2 is 1.74 bits per heavy atom. The molecule has 3 aromatic rings. The minimum atomic E-state index is -0.401. The number of fused-ring (bicyclic) bond motifs is 1. The molecule has 7 nitrogen and oxygen atoms in total. The fourth-order valence-corrected chi connectivity index (χ4v) is 4.11. The lowest BCUT2D eigenvalue weighted by Crippen LogP contribution is -2.32. The van der Waals surface area contributed by atoms with Crippen molar-refractivity contribution in [3.8, 4) is 17.2 Å². The Hall–Kier alpha value is -3.71. The number of rotatable bonds is 7. The highest BCUT2D eigenvalue weighted by Crippen LogP contribution is 2.32. The number of benzene rings is 3. The van der Waals surface area contributed by atoms with Crippen molar-refractivity contribution in [1.82, 2.24) is 5.32 Å². The monoisotopic (exact) mass is 478 g/mol. The SMILES string of the molecule is O=C(NCc1ccc2c(c1)OCO2)C1CC(=O)N(c2ccc(OCc3ccc(Cl)cc3)cc2)C1. The molecule has 3 aromatic carbocycles. The van der Waals surface area contributed by atoms with Crippen LogP contribution in [0.4, 0.5) is 5.69 Å². The summed E-state index contributed by atoms with van der Waals surface area (Å²) in [6, 6.07) is 20.4. The molecule has 1 N–H and O–H groups in total. The third-order valence-corrected chi connectivity index (χ3v) is 6.12. The van der Waals surface area contributed by atoms with Crippen LogP contribution in [0.1, 0.15) is 17.5 Å². The summed E-state index contributed by atoms with van der Waals surface area (Å²) in [5, 5.41) is 3.61. The first kappa shape index (κ1) is 22.1. The van der Waals surface area contributed by atoms with Gasteiger partial charge in [-0.05, 0) is 59.7 Å². The molecule has 1 unspecified atom stereocenters. The van der Waals surface area contributed by atoms with Crippen LogP contribution in [0.5, 0.6) is 17.2 Å². The van der Waals surface area contributed by atoms with Crippen LogP contribution in [0.15, 0.2) is 66.7 Å². The average Bonchev–Trinajstić information content (AvgIpc) is 3.48. The van der Waals surface area contributed by atoms with E-state index < -0.39 is 5.92 Å². The van der Waals surface area contributed by atoms with E-state index in [1.807, 2.05) is 66.7 Å². The van der Waals surface area contributed by atoms with Gasteiger partial charge in [0.05, 0.1) is 5.92 Å². The zero-order valence-electron chi connectivity index (χ0n) is 18.3. The number of carbonyl (C=O) groups is 2. The summed E-state index contributed by atoms with van der Waals surface area (Å²) >= 11 is 5.91. The molecule has 2 aliphatic rings. The van der Waals surface area contributed by atoms with Gasteiger partial charge in [-0.15, -0.1) is 0 Å². The van der Waals surface area contributed by atoms with Crippen molar-refractivity contribution in [2.24, 2.45) is 5.92 Å². The van der Waals surface area contributed by atoms with Gasteiger partial charge in [0.1, 0.15) is 12.4 Å². The topological polar surface area (TPSA) is 77.1 Å². The molecule has 1 saturated heterocycles. The summed E-state index contributed by atoms with van der Waals surface area (Å²) in [6.45, 7) is 1.34. The maximum Gasteiger partial charge on any atom is 0.231 e. The van der Waals surface area contributed by atoms with Gasteiger partial charge in [0.15, 0.2) is 11.5 Å². The van der Waals surface area contributed by atoms with Gasteiger partial charge in [0.2, 0.25) is 18.6 Å². The molecule has 0 aliphatic carbocycles. The molecule has 2 amide bonds. The number of nitrogens with zero attached hydrogens (tertiary/aromatic N) is 1. The second-order valence-electron chi connectivity index (χ2n) is 8.22. The Morgan fingerprint density at radius 3 is 2.53 bits per heavy atom. The predicted octanol–water partition coefficient (Wildman–Crippen LogP) is 4.32. The molecule has 2 aliphatic heterocycles. The van der Waals surface area contributed by atoms with Crippen molar-refractivity contribution in [2.45, 2.75) is 19.6 Å². The number of hydrogen-bond donors (Lipinski definition) is 1. The fourth-order valence-electron chi connectivity index (χ4n) is 3.99. The highest BCUT2D eigenvalue weighted by Gasteiger charge is 2.35. The zero-order valence-corrected chi connectivity index (χ0v) is 19.1. The predicted molar refractivity (Wildman–Crippen MR) is 127 cm³/mol. The van der Waals surface area contributed by atoms with Crippen molar-refractivity contribution in [2.75, 3.05) is 18.2 Å². The number of anilines is 1. The minimum absolute atomic E-state index is 0.0712.